The Balaban J connectivity index is 1.68. The number of rotatable bonds is 4. The standard InChI is InChI=1S/C19H16F4N4O/c20-10-4-5-15(12(8-10)19(21,22)23)25-13-2-1-3-14-11(13)9-16(26-14)27-17(28)18(24)6-7-18/h1-5,8-9,25-26H,6-7,24H2,(H,27,28). The van der Waals surface area contributed by atoms with Crippen LogP contribution >= 0.6 is 0 Å². The van der Waals surface area contributed by atoms with Gasteiger partial charge in [0.05, 0.1) is 16.8 Å². The third kappa shape index (κ3) is 3.40. The summed E-state index contributed by atoms with van der Waals surface area (Å²) in [7, 11) is 0. The summed E-state index contributed by atoms with van der Waals surface area (Å²) in [6.07, 6.45) is -3.50. The van der Waals surface area contributed by atoms with E-state index < -0.39 is 23.1 Å². The van der Waals surface area contributed by atoms with E-state index in [0.29, 0.717) is 41.3 Å². The number of hydrogen-bond acceptors (Lipinski definition) is 3. The molecule has 1 aromatic heterocycles. The fourth-order valence-electron chi connectivity index (χ4n) is 2.95. The molecule has 9 heteroatoms. The second-order valence-corrected chi connectivity index (χ2v) is 6.87. The Labute approximate surface area is 156 Å². The van der Waals surface area contributed by atoms with Gasteiger partial charge in [0.2, 0.25) is 5.91 Å². The van der Waals surface area contributed by atoms with Crippen LogP contribution in [-0.4, -0.2) is 16.4 Å². The topological polar surface area (TPSA) is 82.9 Å². The zero-order chi connectivity index (χ0) is 20.1. The number of amides is 1. The van der Waals surface area contributed by atoms with Gasteiger partial charge in [-0.3, -0.25) is 4.79 Å². The highest BCUT2D eigenvalue weighted by Gasteiger charge is 2.46. The van der Waals surface area contributed by atoms with E-state index in [1.54, 1.807) is 24.3 Å². The number of carbonyl (C=O) groups is 1. The Kier molecular flexibility index (Phi) is 4.07. The van der Waals surface area contributed by atoms with Crippen molar-refractivity contribution in [2.24, 2.45) is 5.73 Å². The van der Waals surface area contributed by atoms with Gasteiger partial charge < -0.3 is 21.4 Å². The maximum Gasteiger partial charge on any atom is 0.418 e. The van der Waals surface area contributed by atoms with Crippen molar-refractivity contribution in [2.75, 3.05) is 10.6 Å². The molecule has 4 rings (SSSR count). The highest BCUT2D eigenvalue weighted by molar-refractivity contribution is 6.03. The van der Waals surface area contributed by atoms with Crippen molar-refractivity contribution in [3.63, 3.8) is 0 Å². The van der Waals surface area contributed by atoms with E-state index in [1.165, 1.54) is 0 Å². The maximum absolute atomic E-state index is 13.3. The predicted molar refractivity (Wildman–Crippen MR) is 97.8 cm³/mol. The monoisotopic (exact) mass is 392 g/mol. The van der Waals surface area contributed by atoms with Gasteiger partial charge in [-0.05, 0) is 49.2 Å². The lowest BCUT2D eigenvalue weighted by Crippen LogP contribution is -2.37. The molecule has 1 aliphatic rings. The van der Waals surface area contributed by atoms with Crippen LogP contribution in [0.15, 0.2) is 42.5 Å². The fraction of sp³-hybridized carbons (Fsp3) is 0.211. The molecule has 0 bridgehead atoms. The number of anilines is 3. The van der Waals surface area contributed by atoms with Gasteiger partial charge in [0.15, 0.2) is 0 Å². The minimum absolute atomic E-state index is 0.271. The lowest BCUT2D eigenvalue weighted by atomic mass is 10.1. The number of aromatic nitrogens is 1. The molecular formula is C19H16F4N4O. The summed E-state index contributed by atoms with van der Waals surface area (Å²) in [6.45, 7) is 0. The lowest BCUT2D eigenvalue weighted by Gasteiger charge is -2.15. The van der Waals surface area contributed by atoms with E-state index in [4.69, 9.17) is 5.73 Å². The molecule has 0 radical (unpaired) electrons. The molecule has 1 aliphatic carbocycles. The van der Waals surface area contributed by atoms with Crippen LogP contribution < -0.4 is 16.4 Å². The van der Waals surface area contributed by atoms with Gasteiger partial charge in [-0.2, -0.15) is 13.2 Å². The fourth-order valence-corrected chi connectivity index (χ4v) is 2.95. The van der Waals surface area contributed by atoms with Crippen LogP contribution in [0.25, 0.3) is 10.9 Å². The Bertz CT molecular complexity index is 1070. The van der Waals surface area contributed by atoms with Crippen molar-refractivity contribution in [1.82, 2.24) is 4.98 Å². The zero-order valence-electron chi connectivity index (χ0n) is 14.5. The Morgan fingerprint density at radius 1 is 1.11 bits per heavy atom. The normalized spacial score (nSPS) is 15.5. The molecule has 0 saturated heterocycles. The van der Waals surface area contributed by atoms with Crippen LogP contribution in [0.3, 0.4) is 0 Å². The molecule has 5 nitrogen and oxygen atoms in total. The third-order valence-corrected chi connectivity index (χ3v) is 4.71. The number of fused-ring (bicyclic) bond motifs is 1. The minimum Gasteiger partial charge on any atom is -0.354 e. The van der Waals surface area contributed by atoms with Crippen molar-refractivity contribution in [3.05, 3.63) is 53.8 Å². The summed E-state index contributed by atoms with van der Waals surface area (Å²) in [6, 6.07) is 9.01. The van der Waals surface area contributed by atoms with Crippen LogP contribution in [0.2, 0.25) is 0 Å². The first-order chi connectivity index (χ1) is 13.2. The lowest BCUT2D eigenvalue weighted by molar-refractivity contribution is -0.137. The number of alkyl halides is 3. The molecule has 5 N–H and O–H groups in total. The van der Waals surface area contributed by atoms with Crippen molar-refractivity contribution in [2.45, 2.75) is 24.6 Å². The first-order valence-corrected chi connectivity index (χ1v) is 8.52. The van der Waals surface area contributed by atoms with Gasteiger partial charge in [-0.1, -0.05) is 6.07 Å². The summed E-state index contributed by atoms with van der Waals surface area (Å²) >= 11 is 0. The average Bonchev–Trinajstić information content (AvgIpc) is 3.23. The van der Waals surface area contributed by atoms with E-state index in [9.17, 15) is 22.4 Å². The molecule has 0 atom stereocenters. The molecule has 146 valence electrons. The number of halogens is 4. The summed E-state index contributed by atoms with van der Waals surface area (Å²) in [5, 5.41) is 5.97. The highest BCUT2D eigenvalue weighted by Crippen LogP contribution is 2.38. The van der Waals surface area contributed by atoms with Crippen molar-refractivity contribution in [3.8, 4) is 0 Å². The molecule has 0 aliphatic heterocycles. The number of benzene rings is 2. The summed E-state index contributed by atoms with van der Waals surface area (Å²) in [5.74, 6) is -0.897. The van der Waals surface area contributed by atoms with Crippen LogP contribution in [0.5, 0.6) is 0 Å². The molecule has 1 heterocycles. The smallest absolute Gasteiger partial charge is 0.354 e. The van der Waals surface area contributed by atoms with Gasteiger partial charge in [0.1, 0.15) is 11.6 Å². The van der Waals surface area contributed by atoms with E-state index in [2.05, 4.69) is 15.6 Å². The molecule has 1 amide bonds. The average molecular weight is 392 g/mol. The minimum atomic E-state index is -4.71. The van der Waals surface area contributed by atoms with Crippen molar-refractivity contribution < 1.29 is 22.4 Å². The first kappa shape index (κ1) is 18.3. The molecule has 0 unspecified atom stereocenters. The highest BCUT2D eigenvalue weighted by atomic mass is 19.4. The molecule has 0 spiro atoms. The number of nitrogens with one attached hydrogen (secondary N) is 3. The summed E-state index contributed by atoms with van der Waals surface area (Å²) in [4.78, 5) is 15.1. The maximum atomic E-state index is 13.3. The van der Waals surface area contributed by atoms with Crippen LogP contribution in [0, 0.1) is 5.82 Å². The predicted octanol–water partition coefficient (Wildman–Crippen LogP) is 4.50. The number of hydrogen-bond donors (Lipinski definition) is 4. The number of carbonyl (C=O) groups excluding carboxylic acids is 1. The second kappa shape index (κ2) is 6.23. The van der Waals surface area contributed by atoms with Crippen LogP contribution in [-0.2, 0) is 11.0 Å². The molecule has 28 heavy (non-hydrogen) atoms. The van der Waals surface area contributed by atoms with Crippen molar-refractivity contribution in [1.29, 1.82) is 0 Å². The quantitative estimate of drug-likeness (QED) is 0.494. The summed E-state index contributed by atoms with van der Waals surface area (Å²) in [5.41, 5.74) is 4.61. The van der Waals surface area contributed by atoms with Gasteiger partial charge >= 0.3 is 6.18 Å². The molecule has 1 fully saturated rings. The van der Waals surface area contributed by atoms with Crippen LogP contribution in [0.4, 0.5) is 34.8 Å². The van der Waals surface area contributed by atoms with E-state index >= 15 is 0 Å². The SMILES string of the molecule is NC1(C(=O)Nc2cc3c(Nc4ccc(F)cc4C(F)(F)F)cccc3[nH]2)CC1. The second-order valence-electron chi connectivity index (χ2n) is 6.87. The Hall–Kier alpha value is -3.07. The Morgan fingerprint density at radius 2 is 1.86 bits per heavy atom. The largest absolute Gasteiger partial charge is 0.418 e. The molecule has 3 aromatic rings. The van der Waals surface area contributed by atoms with Gasteiger partial charge in [0.25, 0.3) is 0 Å². The van der Waals surface area contributed by atoms with E-state index in [1.807, 2.05) is 0 Å². The molecule has 1 saturated carbocycles. The first-order valence-electron chi connectivity index (χ1n) is 8.52. The molecular weight excluding hydrogens is 376 g/mol. The Morgan fingerprint density at radius 3 is 2.54 bits per heavy atom. The zero-order valence-corrected chi connectivity index (χ0v) is 14.5. The van der Waals surface area contributed by atoms with Crippen LogP contribution in [0.1, 0.15) is 18.4 Å². The number of nitrogens with two attached hydrogens (primary N) is 1. The van der Waals surface area contributed by atoms with E-state index in [-0.39, 0.29) is 11.6 Å². The summed E-state index contributed by atoms with van der Waals surface area (Å²) < 4.78 is 53.0. The van der Waals surface area contributed by atoms with Gasteiger partial charge in [0, 0.05) is 16.6 Å². The van der Waals surface area contributed by atoms with Gasteiger partial charge in [-0.15, -0.1) is 0 Å². The van der Waals surface area contributed by atoms with Crippen molar-refractivity contribution >= 4 is 34.0 Å². The van der Waals surface area contributed by atoms with Gasteiger partial charge in [-0.25, -0.2) is 4.39 Å². The number of aromatic amines is 1. The van der Waals surface area contributed by atoms with E-state index in [0.717, 1.165) is 12.1 Å². The number of H-pyrrole nitrogens is 1. The third-order valence-electron chi connectivity index (χ3n) is 4.71. The molecule has 2 aromatic carbocycles.